The highest BCUT2D eigenvalue weighted by atomic mass is 16.5. The molecule has 0 fully saturated rings. The second-order valence-corrected chi connectivity index (χ2v) is 9.26. The number of hydrogen-bond acceptors (Lipinski definition) is 4. The molecule has 172 valence electrons. The maximum Gasteiger partial charge on any atom is 0.259 e. The number of nitrogens with zero attached hydrogens (tertiary/aromatic N) is 1. The number of fused-ring (bicyclic) bond motifs is 1. The van der Waals surface area contributed by atoms with Gasteiger partial charge >= 0.3 is 0 Å². The second-order valence-electron chi connectivity index (χ2n) is 9.26. The van der Waals surface area contributed by atoms with E-state index < -0.39 is 5.54 Å². The van der Waals surface area contributed by atoms with Gasteiger partial charge in [0.25, 0.3) is 5.91 Å². The smallest absolute Gasteiger partial charge is 0.259 e. The molecule has 5 heteroatoms. The summed E-state index contributed by atoms with van der Waals surface area (Å²) < 4.78 is 16.4. The zero-order valence-corrected chi connectivity index (χ0v) is 20.1. The van der Waals surface area contributed by atoms with Crippen LogP contribution in [0.5, 0.6) is 17.2 Å². The standard InChI is InChI=1S/C28H31NO4/c1-27(2)18-28(3,20-12-8-7-9-13-20)21-14-10-11-15-22(21)29(27)26(30)19-16-23(31-4)25(33-6)24(17-19)32-5/h7-17H,18H2,1-6H3/t28-/m0/s1. The van der Waals surface area contributed by atoms with Crippen molar-refractivity contribution in [2.24, 2.45) is 0 Å². The zero-order valence-electron chi connectivity index (χ0n) is 20.1. The SMILES string of the molecule is COc1cc(C(=O)N2c3ccccc3[C@](C)(c3ccccc3)CC2(C)C)cc(OC)c1OC. The number of benzene rings is 3. The number of amides is 1. The fourth-order valence-electron chi connectivity index (χ4n) is 5.28. The number of anilines is 1. The maximum absolute atomic E-state index is 14.0. The number of hydrogen-bond donors (Lipinski definition) is 0. The van der Waals surface area contributed by atoms with Crippen molar-refractivity contribution >= 4 is 11.6 Å². The van der Waals surface area contributed by atoms with E-state index in [1.807, 2.05) is 29.2 Å². The van der Waals surface area contributed by atoms with Gasteiger partial charge in [0.15, 0.2) is 11.5 Å². The molecule has 4 rings (SSSR count). The van der Waals surface area contributed by atoms with Crippen LogP contribution in [0.25, 0.3) is 0 Å². The molecule has 0 aromatic heterocycles. The van der Waals surface area contributed by atoms with E-state index in [-0.39, 0.29) is 11.3 Å². The molecule has 3 aromatic rings. The van der Waals surface area contributed by atoms with Crippen LogP contribution in [0.15, 0.2) is 66.7 Å². The van der Waals surface area contributed by atoms with Gasteiger partial charge < -0.3 is 19.1 Å². The van der Waals surface area contributed by atoms with Crippen molar-refractivity contribution in [1.82, 2.24) is 0 Å². The molecule has 0 saturated carbocycles. The van der Waals surface area contributed by atoms with Crippen molar-refractivity contribution in [3.05, 3.63) is 83.4 Å². The number of ether oxygens (including phenoxy) is 3. The Hall–Kier alpha value is -3.47. The van der Waals surface area contributed by atoms with Crippen molar-refractivity contribution in [2.75, 3.05) is 26.2 Å². The van der Waals surface area contributed by atoms with E-state index in [0.29, 0.717) is 22.8 Å². The molecule has 3 aromatic carbocycles. The summed E-state index contributed by atoms with van der Waals surface area (Å²) in [4.78, 5) is 15.9. The van der Waals surface area contributed by atoms with E-state index >= 15 is 0 Å². The summed E-state index contributed by atoms with van der Waals surface area (Å²) in [6.07, 6.45) is 0.775. The average molecular weight is 446 g/mol. The summed E-state index contributed by atoms with van der Waals surface area (Å²) >= 11 is 0. The highest BCUT2D eigenvalue weighted by molar-refractivity contribution is 6.08. The molecule has 1 aliphatic rings. The molecule has 1 heterocycles. The summed E-state index contributed by atoms with van der Waals surface area (Å²) in [6, 6.07) is 22.1. The number of carbonyl (C=O) groups excluding carboxylic acids is 1. The number of carbonyl (C=O) groups is 1. The maximum atomic E-state index is 14.0. The van der Waals surface area contributed by atoms with Crippen LogP contribution in [0.3, 0.4) is 0 Å². The van der Waals surface area contributed by atoms with Gasteiger partial charge in [-0.2, -0.15) is 0 Å². The Morgan fingerprint density at radius 3 is 1.97 bits per heavy atom. The third-order valence-corrected chi connectivity index (χ3v) is 6.66. The first-order chi connectivity index (χ1) is 15.8. The third kappa shape index (κ3) is 3.71. The molecule has 0 unspecified atom stereocenters. The Kier molecular flexibility index (Phi) is 5.83. The number of rotatable bonds is 5. The Morgan fingerprint density at radius 2 is 1.39 bits per heavy atom. The van der Waals surface area contributed by atoms with Gasteiger partial charge in [-0.3, -0.25) is 4.79 Å². The molecule has 0 N–H and O–H groups in total. The Morgan fingerprint density at radius 1 is 0.818 bits per heavy atom. The van der Waals surface area contributed by atoms with E-state index in [1.165, 1.54) is 5.56 Å². The minimum Gasteiger partial charge on any atom is -0.493 e. The van der Waals surface area contributed by atoms with E-state index in [9.17, 15) is 4.79 Å². The molecule has 0 saturated heterocycles. The third-order valence-electron chi connectivity index (χ3n) is 6.66. The Bertz CT molecular complexity index is 1150. The number of methoxy groups -OCH3 is 3. The second kappa shape index (κ2) is 8.47. The predicted octanol–water partition coefficient (Wildman–Crippen LogP) is 5.85. The van der Waals surface area contributed by atoms with Gasteiger partial charge in [-0.05, 0) is 49.6 Å². The molecule has 33 heavy (non-hydrogen) atoms. The van der Waals surface area contributed by atoms with Gasteiger partial charge in [0, 0.05) is 22.2 Å². The zero-order chi connectivity index (χ0) is 23.8. The summed E-state index contributed by atoms with van der Waals surface area (Å²) in [5.74, 6) is 1.27. The lowest BCUT2D eigenvalue weighted by molar-refractivity contribution is 0.0948. The van der Waals surface area contributed by atoms with Crippen molar-refractivity contribution in [2.45, 2.75) is 38.1 Å². The minimum atomic E-state index is -0.448. The van der Waals surface area contributed by atoms with Crippen LogP contribution in [-0.4, -0.2) is 32.8 Å². The quantitative estimate of drug-likeness (QED) is 0.494. The largest absolute Gasteiger partial charge is 0.493 e. The molecular formula is C28H31NO4. The van der Waals surface area contributed by atoms with E-state index in [4.69, 9.17) is 14.2 Å². The van der Waals surface area contributed by atoms with Gasteiger partial charge in [-0.25, -0.2) is 0 Å². The Labute approximate surface area is 195 Å². The molecule has 0 spiro atoms. The minimum absolute atomic E-state index is 0.109. The molecule has 0 aliphatic carbocycles. The van der Waals surface area contributed by atoms with Crippen molar-refractivity contribution in [3.63, 3.8) is 0 Å². The molecule has 1 aliphatic heterocycles. The first-order valence-electron chi connectivity index (χ1n) is 11.1. The molecule has 0 bridgehead atoms. The van der Waals surface area contributed by atoms with Gasteiger partial charge in [-0.1, -0.05) is 55.5 Å². The van der Waals surface area contributed by atoms with Crippen LogP contribution in [0, 0.1) is 0 Å². The average Bonchev–Trinajstić information content (AvgIpc) is 2.82. The summed E-state index contributed by atoms with van der Waals surface area (Å²) in [6.45, 7) is 6.52. The van der Waals surface area contributed by atoms with Crippen LogP contribution in [0.1, 0.15) is 48.7 Å². The van der Waals surface area contributed by atoms with Crippen LogP contribution in [0.4, 0.5) is 5.69 Å². The fraction of sp³-hybridized carbons (Fsp3) is 0.321. The summed E-state index contributed by atoms with van der Waals surface area (Å²) in [7, 11) is 4.66. The molecule has 1 atom stereocenters. The first-order valence-corrected chi connectivity index (χ1v) is 11.1. The van der Waals surface area contributed by atoms with E-state index in [2.05, 4.69) is 51.1 Å². The summed E-state index contributed by atoms with van der Waals surface area (Å²) in [5, 5.41) is 0. The van der Waals surface area contributed by atoms with Gasteiger partial charge in [0.05, 0.1) is 21.3 Å². The van der Waals surface area contributed by atoms with Crippen molar-refractivity contribution in [1.29, 1.82) is 0 Å². The van der Waals surface area contributed by atoms with E-state index in [0.717, 1.165) is 17.7 Å². The lowest BCUT2D eigenvalue weighted by Gasteiger charge is -2.51. The first kappa shape index (κ1) is 22.7. The normalized spacial score (nSPS) is 18.9. The summed E-state index contributed by atoms with van der Waals surface area (Å²) in [5.41, 5.74) is 3.10. The molecule has 0 radical (unpaired) electrons. The molecule has 5 nitrogen and oxygen atoms in total. The van der Waals surface area contributed by atoms with Crippen LogP contribution in [-0.2, 0) is 5.41 Å². The van der Waals surface area contributed by atoms with Gasteiger partial charge in [0.2, 0.25) is 5.75 Å². The highest BCUT2D eigenvalue weighted by Gasteiger charge is 2.47. The fourth-order valence-corrected chi connectivity index (χ4v) is 5.28. The van der Waals surface area contributed by atoms with Crippen molar-refractivity contribution in [3.8, 4) is 17.2 Å². The predicted molar refractivity (Wildman–Crippen MR) is 131 cm³/mol. The lowest BCUT2D eigenvalue weighted by Crippen LogP contribution is -2.55. The monoisotopic (exact) mass is 445 g/mol. The number of para-hydroxylation sites is 1. The van der Waals surface area contributed by atoms with Crippen LogP contribution >= 0.6 is 0 Å². The highest BCUT2D eigenvalue weighted by Crippen LogP contribution is 2.51. The van der Waals surface area contributed by atoms with Crippen LogP contribution in [0.2, 0.25) is 0 Å². The lowest BCUT2D eigenvalue weighted by atomic mass is 9.65. The van der Waals surface area contributed by atoms with E-state index in [1.54, 1.807) is 33.5 Å². The van der Waals surface area contributed by atoms with Gasteiger partial charge in [-0.15, -0.1) is 0 Å². The molecule has 1 amide bonds. The Balaban J connectivity index is 1.88. The van der Waals surface area contributed by atoms with Crippen LogP contribution < -0.4 is 19.1 Å². The van der Waals surface area contributed by atoms with Crippen molar-refractivity contribution < 1.29 is 19.0 Å². The molecular weight excluding hydrogens is 414 g/mol. The van der Waals surface area contributed by atoms with Gasteiger partial charge in [0.1, 0.15) is 0 Å². The topological polar surface area (TPSA) is 48.0 Å².